The van der Waals surface area contributed by atoms with Gasteiger partial charge in [-0.3, -0.25) is 9.59 Å². The molecule has 0 spiro atoms. The molecule has 112 valence electrons. The zero-order chi connectivity index (χ0) is 15.2. The molecule has 0 bridgehead atoms. The van der Waals surface area contributed by atoms with Crippen LogP contribution in [-0.2, 0) is 4.79 Å². The predicted molar refractivity (Wildman–Crippen MR) is 90.7 cm³/mol. The molecule has 0 aliphatic carbocycles. The smallest absolute Gasteiger partial charge is 0.236 e. The molecule has 0 N–H and O–H groups in total. The Morgan fingerprint density at radius 3 is 2.90 bits per heavy atom. The van der Waals surface area contributed by atoms with Crippen LogP contribution in [0.15, 0.2) is 29.1 Å². The first kappa shape index (κ1) is 16.0. The highest BCUT2D eigenvalue weighted by atomic mass is 32.2. The molecule has 0 amide bonds. The van der Waals surface area contributed by atoms with E-state index in [2.05, 4.69) is 0 Å². The number of carbonyl (C=O) groups is 1. The number of hydrogen-bond donors (Lipinski definition) is 0. The number of hydrogen-bond acceptors (Lipinski definition) is 5. The average Bonchev–Trinajstić information content (AvgIpc) is 2.45. The van der Waals surface area contributed by atoms with Crippen molar-refractivity contribution in [2.45, 2.75) is 26.7 Å². The van der Waals surface area contributed by atoms with Gasteiger partial charge < -0.3 is 4.74 Å². The van der Waals surface area contributed by atoms with Crippen molar-refractivity contribution < 1.29 is 9.53 Å². The SMILES string of the molecule is CCC(=O)SCCCOc1cc(=O)sc2cc(C)ccc12. The Morgan fingerprint density at radius 1 is 1.33 bits per heavy atom. The summed E-state index contributed by atoms with van der Waals surface area (Å²) in [4.78, 5) is 22.9. The van der Waals surface area contributed by atoms with Gasteiger partial charge in [0.1, 0.15) is 5.75 Å². The second kappa shape index (κ2) is 7.61. The van der Waals surface area contributed by atoms with Crippen LogP contribution >= 0.6 is 23.1 Å². The van der Waals surface area contributed by atoms with Crippen LogP contribution in [0.2, 0.25) is 0 Å². The molecule has 1 heterocycles. The van der Waals surface area contributed by atoms with Gasteiger partial charge in [-0.05, 0) is 31.0 Å². The van der Waals surface area contributed by atoms with Gasteiger partial charge >= 0.3 is 0 Å². The third-order valence-electron chi connectivity index (χ3n) is 2.96. The highest BCUT2D eigenvalue weighted by molar-refractivity contribution is 8.13. The standard InChI is InChI=1S/C16H18O3S2/c1-3-15(17)20-8-4-7-19-13-10-16(18)21-14-9-11(2)5-6-12(13)14/h5-6,9-10H,3-4,7-8H2,1-2H3. The molecule has 5 heteroatoms. The summed E-state index contributed by atoms with van der Waals surface area (Å²) < 4.78 is 6.69. The summed E-state index contributed by atoms with van der Waals surface area (Å²) in [5.41, 5.74) is 1.13. The minimum absolute atomic E-state index is 0.00126. The molecule has 0 unspecified atom stereocenters. The quantitative estimate of drug-likeness (QED) is 0.754. The van der Waals surface area contributed by atoms with E-state index in [4.69, 9.17) is 4.74 Å². The van der Waals surface area contributed by atoms with E-state index in [-0.39, 0.29) is 9.86 Å². The van der Waals surface area contributed by atoms with E-state index in [9.17, 15) is 9.59 Å². The van der Waals surface area contributed by atoms with Gasteiger partial charge in [0.2, 0.25) is 4.74 Å². The summed E-state index contributed by atoms with van der Waals surface area (Å²) >= 11 is 2.58. The number of thioether (sulfide) groups is 1. The third-order valence-corrected chi connectivity index (χ3v) is 4.94. The van der Waals surface area contributed by atoms with Crippen LogP contribution in [0.3, 0.4) is 0 Å². The summed E-state index contributed by atoms with van der Waals surface area (Å²) in [6.45, 7) is 4.38. The van der Waals surface area contributed by atoms with Crippen molar-refractivity contribution in [1.82, 2.24) is 0 Å². The van der Waals surface area contributed by atoms with Gasteiger partial charge in [0.05, 0.1) is 6.61 Å². The lowest BCUT2D eigenvalue weighted by atomic mass is 10.2. The van der Waals surface area contributed by atoms with E-state index in [1.54, 1.807) is 6.07 Å². The fourth-order valence-corrected chi connectivity index (χ4v) is 3.49. The summed E-state index contributed by atoms with van der Waals surface area (Å²) in [6, 6.07) is 7.56. The number of benzene rings is 1. The van der Waals surface area contributed by atoms with Crippen LogP contribution in [-0.4, -0.2) is 17.5 Å². The van der Waals surface area contributed by atoms with Crippen molar-refractivity contribution in [3.63, 3.8) is 0 Å². The fourth-order valence-electron chi connectivity index (χ4n) is 1.89. The summed E-state index contributed by atoms with van der Waals surface area (Å²) in [5, 5.41) is 1.18. The van der Waals surface area contributed by atoms with Crippen molar-refractivity contribution in [2.24, 2.45) is 0 Å². The lowest BCUT2D eigenvalue weighted by Crippen LogP contribution is -2.03. The molecule has 1 aromatic heterocycles. The number of rotatable bonds is 6. The summed E-state index contributed by atoms with van der Waals surface area (Å²) in [7, 11) is 0. The molecule has 1 aromatic carbocycles. The number of ether oxygens (including phenoxy) is 1. The number of fused-ring (bicyclic) bond motifs is 1. The molecule has 3 nitrogen and oxygen atoms in total. The number of aryl methyl sites for hydroxylation is 1. The zero-order valence-corrected chi connectivity index (χ0v) is 13.8. The van der Waals surface area contributed by atoms with Gasteiger partial charge in [0.15, 0.2) is 5.12 Å². The van der Waals surface area contributed by atoms with Gasteiger partial charge in [-0.25, -0.2) is 0 Å². The Kier molecular flexibility index (Phi) is 5.82. The molecule has 0 atom stereocenters. The second-order valence-corrected chi connectivity index (χ2v) is 6.90. The van der Waals surface area contributed by atoms with Crippen molar-refractivity contribution in [3.05, 3.63) is 39.4 Å². The molecule has 0 radical (unpaired) electrons. The van der Waals surface area contributed by atoms with Crippen LogP contribution < -0.4 is 9.48 Å². The Morgan fingerprint density at radius 2 is 2.14 bits per heavy atom. The van der Waals surface area contributed by atoms with Gasteiger partial charge in [-0.1, -0.05) is 36.1 Å². The highest BCUT2D eigenvalue weighted by Gasteiger charge is 2.06. The van der Waals surface area contributed by atoms with Crippen molar-refractivity contribution in [3.8, 4) is 5.75 Å². The van der Waals surface area contributed by atoms with Crippen LogP contribution in [0.4, 0.5) is 0 Å². The minimum atomic E-state index is -0.00126. The van der Waals surface area contributed by atoms with Crippen LogP contribution in [0.1, 0.15) is 25.3 Å². The third kappa shape index (κ3) is 4.58. The minimum Gasteiger partial charge on any atom is -0.493 e. The lowest BCUT2D eigenvalue weighted by Gasteiger charge is -2.08. The number of carbonyl (C=O) groups excluding carboxylic acids is 1. The average molecular weight is 322 g/mol. The molecule has 2 aromatic rings. The molecular weight excluding hydrogens is 304 g/mol. The Balaban J connectivity index is 2.02. The fraction of sp³-hybridized carbons (Fsp3) is 0.375. The molecule has 0 saturated heterocycles. The monoisotopic (exact) mass is 322 g/mol. The van der Waals surface area contributed by atoms with Gasteiger partial charge in [0, 0.05) is 28.3 Å². The maximum atomic E-state index is 11.7. The maximum Gasteiger partial charge on any atom is 0.236 e. The molecule has 0 aliphatic rings. The maximum absolute atomic E-state index is 11.7. The van der Waals surface area contributed by atoms with E-state index in [1.165, 1.54) is 23.1 Å². The van der Waals surface area contributed by atoms with E-state index < -0.39 is 0 Å². The molecule has 0 fully saturated rings. The van der Waals surface area contributed by atoms with E-state index in [1.807, 2.05) is 32.0 Å². The Hall–Kier alpha value is -1.33. The Bertz CT molecular complexity index is 691. The topological polar surface area (TPSA) is 43.4 Å². The first-order valence-electron chi connectivity index (χ1n) is 6.93. The summed E-state index contributed by atoms with van der Waals surface area (Å²) in [5.74, 6) is 1.39. The lowest BCUT2D eigenvalue weighted by molar-refractivity contribution is -0.110. The van der Waals surface area contributed by atoms with Gasteiger partial charge in [-0.15, -0.1) is 0 Å². The summed E-state index contributed by atoms with van der Waals surface area (Å²) in [6.07, 6.45) is 1.35. The molecule has 0 saturated carbocycles. The van der Waals surface area contributed by atoms with E-state index >= 15 is 0 Å². The van der Waals surface area contributed by atoms with Crippen molar-refractivity contribution in [2.75, 3.05) is 12.4 Å². The predicted octanol–water partition coefficient (Wildman–Crippen LogP) is 4.01. The first-order valence-corrected chi connectivity index (χ1v) is 8.73. The Labute approximate surface area is 132 Å². The van der Waals surface area contributed by atoms with Gasteiger partial charge in [0.25, 0.3) is 0 Å². The normalized spacial score (nSPS) is 10.8. The highest BCUT2D eigenvalue weighted by Crippen LogP contribution is 2.27. The zero-order valence-electron chi connectivity index (χ0n) is 12.2. The largest absolute Gasteiger partial charge is 0.493 e. The van der Waals surface area contributed by atoms with Crippen molar-refractivity contribution >= 4 is 38.3 Å². The molecule has 0 aliphatic heterocycles. The molecule has 2 rings (SSSR count). The van der Waals surface area contributed by atoms with Gasteiger partial charge in [-0.2, -0.15) is 0 Å². The van der Waals surface area contributed by atoms with E-state index in [0.717, 1.165) is 27.8 Å². The van der Waals surface area contributed by atoms with Crippen molar-refractivity contribution in [1.29, 1.82) is 0 Å². The molecule has 21 heavy (non-hydrogen) atoms. The van der Waals surface area contributed by atoms with Crippen LogP contribution in [0.5, 0.6) is 5.75 Å². The first-order chi connectivity index (χ1) is 10.1. The van der Waals surface area contributed by atoms with Crippen LogP contribution in [0, 0.1) is 6.92 Å². The van der Waals surface area contributed by atoms with E-state index in [0.29, 0.717) is 18.8 Å². The molecular formula is C16H18O3S2. The van der Waals surface area contributed by atoms with Crippen LogP contribution in [0.25, 0.3) is 10.1 Å². The second-order valence-electron chi connectivity index (χ2n) is 4.71.